The van der Waals surface area contributed by atoms with Gasteiger partial charge >= 0.3 is 0 Å². The van der Waals surface area contributed by atoms with E-state index in [0.29, 0.717) is 0 Å². The van der Waals surface area contributed by atoms with E-state index in [9.17, 15) is 0 Å². The van der Waals surface area contributed by atoms with Crippen LogP contribution in [0.1, 0.15) is 33.3 Å². The smallest absolute Gasteiger partial charge is 0.201 e. The lowest BCUT2D eigenvalue weighted by Crippen LogP contribution is -2.47. The zero-order valence-corrected chi connectivity index (χ0v) is 16.9. The van der Waals surface area contributed by atoms with Gasteiger partial charge in [0.25, 0.3) is 0 Å². The monoisotopic (exact) mass is 328 g/mol. The normalized spacial score (nSPS) is 14.0. The largest absolute Gasteiger partial charge is 0.212 e. The fraction of sp³-hybridized carbons (Fsp3) is 0.476. The number of pyridine rings is 1. The van der Waals surface area contributed by atoms with Crippen LogP contribution in [0.15, 0.2) is 30.5 Å². The summed E-state index contributed by atoms with van der Waals surface area (Å²) in [4.78, 5) is 0. The van der Waals surface area contributed by atoms with E-state index in [1.54, 1.807) is 0 Å². The van der Waals surface area contributed by atoms with Crippen molar-refractivity contribution in [1.82, 2.24) is 0 Å². The van der Waals surface area contributed by atoms with Crippen molar-refractivity contribution in [3.63, 3.8) is 0 Å². The first-order valence-corrected chi connectivity index (χ1v) is 12.0. The molecule has 1 nitrogen and oxygen atoms in total. The van der Waals surface area contributed by atoms with E-state index in [2.05, 4.69) is 75.6 Å². The van der Waals surface area contributed by atoms with E-state index in [0.717, 1.165) is 11.3 Å². The standard InChI is InChI=1S/C21H32NSi/c1-15(2)11-18-13-20(19-10-9-16(3)12-17(19)4)22(5)14-21(18)23(6,7)8/h9-10,12-15H,11H2,1-8H3/q+1/i11D2. The van der Waals surface area contributed by atoms with Crippen LogP contribution in [-0.2, 0) is 13.4 Å². The quantitative estimate of drug-likeness (QED) is 0.573. The van der Waals surface area contributed by atoms with Crippen molar-refractivity contribution in [2.75, 3.05) is 0 Å². The topological polar surface area (TPSA) is 3.88 Å². The molecule has 1 heterocycles. The fourth-order valence-corrected chi connectivity index (χ4v) is 4.58. The molecule has 0 fully saturated rings. The Labute approximate surface area is 146 Å². The highest BCUT2D eigenvalue weighted by Crippen LogP contribution is 2.23. The molecule has 2 heteroatoms. The molecule has 0 spiro atoms. The summed E-state index contributed by atoms with van der Waals surface area (Å²) in [5, 5.41) is 1.21. The average Bonchev–Trinajstić information content (AvgIpc) is 2.46. The number of aromatic nitrogens is 1. The van der Waals surface area contributed by atoms with E-state index in [4.69, 9.17) is 2.74 Å². The molecule has 0 aliphatic rings. The molecule has 0 saturated heterocycles. The molecule has 0 aliphatic carbocycles. The van der Waals surface area contributed by atoms with E-state index in [1.807, 2.05) is 13.8 Å². The Morgan fingerprint density at radius 3 is 2.30 bits per heavy atom. The number of hydrogen-bond donors (Lipinski definition) is 0. The van der Waals surface area contributed by atoms with Gasteiger partial charge in [-0.2, -0.15) is 0 Å². The Kier molecular flexibility index (Phi) is 4.34. The Balaban J connectivity index is 2.81. The zero-order chi connectivity index (χ0) is 19.2. The van der Waals surface area contributed by atoms with E-state index in [-0.39, 0.29) is 5.92 Å². The van der Waals surface area contributed by atoms with Gasteiger partial charge in [0.1, 0.15) is 7.05 Å². The maximum absolute atomic E-state index is 8.74. The third kappa shape index (κ3) is 4.11. The van der Waals surface area contributed by atoms with Gasteiger partial charge in [-0.25, -0.2) is 4.57 Å². The van der Waals surface area contributed by atoms with Gasteiger partial charge in [0, 0.05) is 19.6 Å². The summed E-state index contributed by atoms with van der Waals surface area (Å²) in [7, 11) is 0.404. The van der Waals surface area contributed by atoms with Crippen LogP contribution in [0.4, 0.5) is 0 Å². The van der Waals surface area contributed by atoms with Crippen LogP contribution in [0.2, 0.25) is 19.6 Å². The molecule has 0 saturated carbocycles. The lowest BCUT2D eigenvalue weighted by atomic mass is 9.98. The number of hydrogen-bond acceptors (Lipinski definition) is 0. The third-order valence-electron chi connectivity index (χ3n) is 4.18. The SMILES string of the molecule is [2H]C([2H])(c1cc(-c2ccc(C)cc2C)[n+](C)cc1[Si](C)(C)C)C(C)C. The van der Waals surface area contributed by atoms with Crippen LogP contribution < -0.4 is 9.75 Å². The highest BCUT2D eigenvalue weighted by Gasteiger charge is 2.26. The Morgan fingerprint density at radius 2 is 1.78 bits per heavy atom. The second-order valence-corrected chi connectivity index (χ2v) is 13.0. The lowest BCUT2D eigenvalue weighted by Gasteiger charge is -2.21. The van der Waals surface area contributed by atoms with Crippen LogP contribution in [0.5, 0.6) is 0 Å². The van der Waals surface area contributed by atoms with Crippen LogP contribution in [0, 0.1) is 19.8 Å². The summed E-state index contributed by atoms with van der Waals surface area (Å²) in [6.07, 6.45) is 0.841. The maximum atomic E-state index is 8.74. The van der Waals surface area contributed by atoms with Crippen molar-refractivity contribution in [2.24, 2.45) is 13.0 Å². The molecular weight excluding hydrogens is 294 g/mol. The first-order chi connectivity index (χ1) is 11.4. The number of aryl methyl sites for hydroxylation is 3. The first-order valence-electron chi connectivity index (χ1n) is 9.48. The van der Waals surface area contributed by atoms with Crippen molar-refractivity contribution >= 4 is 13.3 Å². The van der Waals surface area contributed by atoms with Crippen LogP contribution >= 0.6 is 0 Å². The molecule has 0 bridgehead atoms. The van der Waals surface area contributed by atoms with Gasteiger partial charge in [0.2, 0.25) is 5.69 Å². The van der Waals surface area contributed by atoms with Crippen LogP contribution in [0.25, 0.3) is 11.3 Å². The van der Waals surface area contributed by atoms with Crippen molar-refractivity contribution in [3.8, 4) is 11.3 Å². The molecule has 0 aliphatic heterocycles. The number of nitrogens with zero attached hydrogens (tertiary/aromatic N) is 1. The highest BCUT2D eigenvalue weighted by atomic mass is 28.3. The molecule has 0 atom stereocenters. The maximum Gasteiger partial charge on any atom is 0.212 e. The minimum Gasteiger partial charge on any atom is -0.201 e. The van der Waals surface area contributed by atoms with Crippen molar-refractivity contribution < 1.29 is 7.31 Å². The van der Waals surface area contributed by atoms with E-state index >= 15 is 0 Å². The summed E-state index contributed by atoms with van der Waals surface area (Å²) >= 11 is 0. The fourth-order valence-electron chi connectivity index (χ4n) is 3.05. The van der Waals surface area contributed by atoms with Crippen LogP contribution in [-0.4, -0.2) is 8.07 Å². The highest BCUT2D eigenvalue weighted by molar-refractivity contribution is 6.88. The molecule has 124 valence electrons. The molecule has 0 amide bonds. The van der Waals surface area contributed by atoms with Gasteiger partial charge in [-0.1, -0.05) is 51.2 Å². The summed E-state index contributed by atoms with van der Waals surface area (Å²) in [5.74, 6) is -0.0673. The van der Waals surface area contributed by atoms with Gasteiger partial charge in [0.15, 0.2) is 6.20 Å². The predicted octanol–water partition coefficient (Wildman–Crippen LogP) is 4.54. The lowest BCUT2D eigenvalue weighted by molar-refractivity contribution is -0.659. The van der Waals surface area contributed by atoms with Crippen LogP contribution in [0.3, 0.4) is 0 Å². The summed E-state index contributed by atoms with van der Waals surface area (Å²) in [6.45, 7) is 15.0. The van der Waals surface area contributed by atoms with Gasteiger partial charge < -0.3 is 0 Å². The van der Waals surface area contributed by atoms with Crippen molar-refractivity contribution in [1.29, 1.82) is 0 Å². The minimum absolute atomic E-state index is 0.0673. The van der Waals surface area contributed by atoms with Crippen molar-refractivity contribution in [3.05, 3.63) is 47.2 Å². The van der Waals surface area contributed by atoms with Gasteiger partial charge in [-0.05, 0) is 43.3 Å². The zero-order valence-electron chi connectivity index (χ0n) is 17.9. The van der Waals surface area contributed by atoms with Crippen molar-refractivity contribution in [2.45, 2.75) is 53.7 Å². The molecule has 1 aromatic carbocycles. The molecule has 2 rings (SSSR count). The Bertz CT molecular complexity index is 789. The Morgan fingerprint density at radius 1 is 1.13 bits per heavy atom. The van der Waals surface area contributed by atoms with Gasteiger partial charge in [-0.15, -0.1) is 0 Å². The summed E-state index contributed by atoms with van der Waals surface area (Å²) in [5.41, 5.74) is 5.61. The second kappa shape index (κ2) is 6.60. The molecular formula is C21H32NSi+. The van der Waals surface area contributed by atoms with Gasteiger partial charge in [0.05, 0.1) is 8.07 Å². The molecule has 1 aromatic heterocycles. The molecule has 0 radical (unpaired) electrons. The molecule has 0 unspecified atom stereocenters. The summed E-state index contributed by atoms with van der Waals surface area (Å²) in [6, 6.07) is 8.58. The molecule has 0 N–H and O–H groups in total. The molecule has 23 heavy (non-hydrogen) atoms. The summed E-state index contributed by atoms with van der Waals surface area (Å²) < 4.78 is 19.7. The Hall–Kier alpha value is -1.41. The van der Waals surface area contributed by atoms with E-state index in [1.165, 1.54) is 21.9 Å². The predicted molar refractivity (Wildman–Crippen MR) is 104 cm³/mol. The third-order valence-corrected chi connectivity index (χ3v) is 6.20. The number of benzene rings is 1. The number of rotatable bonds is 4. The van der Waals surface area contributed by atoms with Gasteiger partial charge in [-0.3, -0.25) is 0 Å². The first kappa shape index (κ1) is 15.1. The second-order valence-electron chi connectivity index (χ2n) is 7.96. The molecule has 2 aromatic rings. The average molecular weight is 329 g/mol. The minimum atomic E-state index is -1.67. The van der Waals surface area contributed by atoms with E-state index < -0.39 is 14.4 Å².